The number of hydrogen-bond acceptors (Lipinski definition) is 3. The van der Waals surface area contributed by atoms with E-state index in [1.165, 1.54) is 0 Å². The van der Waals surface area contributed by atoms with Crippen molar-refractivity contribution in [2.75, 3.05) is 6.61 Å². The third-order valence-corrected chi connectivity index (χ3v) is 4.61. The lowest BCUT2D eigenvalue weighted by molar-refractivity contribution is 0.0924. The summed E-state index contributed by atoms with van der Waals surface area (Å²) in [6.45, 7) is 0.102. The van der Waals surface area contributed by atoms with Crippen molar-refractivity contribution >= 4 is 5.91 Å². The fourth-order valence-electron chi connectivity index (χ4n) is 2.85. The zero-order valence-electron chi connectivity index (χ0n) is 12.0. The van der Waals surface area contributed by atoms with Crippen molar-refractivity contribution < 1.29 is 9.90 Å². The van der Waals surface area contributed by atoms with E-state index in [4.69, 9.17) is 5.11 Å². The number of benzene rings is 1. The van der Waals surface area contributed by atoms with Crippen LogP contribution in [-0.4, -0.2) is 23.7 Å². The van der Waals surface area contributed by atoms with Crippen LogP contribution in [-0.2, 0) is 5.41 Å². The van der Waals surface area contributed by atoms with Crippen LogP contribution in [0.15, 0.2) is 24.3 Å². The highest BCUT2D eigenvalue weighted by molar-refractivity contribution is 5.94. The number of aliphatic hydroxyl groups is 1. The van der Waals surface area contributed by atoms with E-state index in [9.17, 15) is 10.1 Å². The molecule has 1 atom stereocenters. The fourth-order valence-corrected chi connectivity index (χ4v) is 2.85. The van der Waals surface area contributed by atoms with Crippen LogP contribution in [0.4, 0.5) is 0 Å². The maximum absolute atomic E-state index is 12.3. The van der Waals surface area contributed by atoms with E-state index >= 15 is 0 Å². The van der Waals surface area contributed by atoms with Gasteiger partial charge in [0, 0.05) is 18.2 Å². The number of nitrogens with one attached hydrogen (secondary N) is 1. The van der Waals surface area contributed by atoms with E-state index in [1.54, 1.807) is 12.1 Å². The predicted octanol–water partition coefficient (Wildman–Crippen LogP) is 2.13. The molecule has 110 valence electrons. The second kappa shape index (κ2) is 5.50. The van der Waals surface area contributed by atoms with Crippen molar-refractivity contribution in [1.29, 1.82) is 5.26 Å². The smallest absolute Gasteiger partial charge is 0.251 e. The van der Waals surface area contributed by atoms with Crippen molar-refractivity contribution in [2.24, 2.45) is 5.92 Å². The minimum Gasteiger partial charge on any atom is -0.396 e. The molecule has 3 rings (SSSR count). The molecule has 1 unspecified atom stereocenters. The summed E-state index contributed by atoms with van der Waals surface area (Å²) in [6.07, 6.45) is 4.71. The van der Waals surface area contributed by atoms with E-state index in [1.807, 2.05) is 12.1 Å². The van der Waals surface area contributed by atoms with Gasteiger partial charge in [-0.3, -0.25) is 4.79 Å². The lowest BCUT2D eigenvalue weighted by Crippen LogP contribution is -2.37. The third-order valence-electron chi connectivity index (χ3n) is 4.61. The number of nitriles is 1. The molecule has 21 heavy (non-hydrogen) atoms. The highest BCUT2D eigenvalue weighted by Crippen LogP contribution is 2.47. The highest BCUT2D eigenvalue weighted by atomic mass is 16.3. The Hall–Kier alpha value is -1.86. The Balaban J connectivity index is 1.66. The highest BCUT2D eigenvalue weighted by Gasteiger charge is 2.44. The first-order chi connectivity index (χ1) is 10.2. The van der Waals surface area contributed by atoms with Crippen molar-refractivity contribution in [3.63, 3.8) is 0 Å². The van der Waals surface area contributed by atoms with Crippen molar-refractivity contribution in [1.82, 2.24) is 5.32 Å². The van der Waals surface area contributed by atoms with Gasteiger partial charge in [-0.05, 0) is 55.7 Å². The molecule has 4 heteroatoms. The van der Waals surface area contributed by atoms with Gasteiger partial charge in [0.1, 0.15) is 0 Å². The Morgan fingerprint density at radius 2 is 2.05 bits per heavy atom. The van der Waals surface area contributed by atoms with Gasteiger partial charge in [-0.2, -0.15) is 5.26 Å². The maximum Gasteiger partial charge on any atom is 0.251 e. The molecule has 0 aromatic heterocycles. The van der Waals surface area contributed by atoms with Crippen LogP contribution in [0.2, 0.25) is 0 Å². The Labute approximate surface area is 124 Å². The molecule has 0 radical (unpaired) electrons. The molecule has 0 bridgehead atoms. The number of aliphatic hydroxyl groups excluding tert-OH is 1. The van der Waals surface area contributed by atoms with Gasteiger partial charge >= 0.3 is 0 Å². The normalized spacial score (nSPS) is 20.4. The summed E-state index contributed by atoms with van der Waals surface area (Å²) in [6, 6.07) is 9.82. The lowest BCUT2D eigenvalue weighted by atomic mass is 9.96. The van der Waals surface area contributed by atoms with Gasteiger partial charge < -0.3 is 10.4 Å². The molecule has 2 saturated carbocycles. The van der Waals surface area contributed by atoms with Gasteiger partial charge in [0.2, 0.25) is 0 Å². The summed E-state index contributed by atoms with van der Waals surface area (Å²) >= 11 is 0. The van der Waals surface area contributed by atoms with Crippen LogP contribution in [0.1, 0.15) is 48.0 Å². The average molecular weight is 284 g/mol. The molecule has 0 spiro atoms. The molecular weight excluding hydrogens is 264 g/mol. The number of hydrogen-bond donors (Lipinski definition) is 2. The van der Waals surface area contributed by atoms with Crippen LogP contribution in [0.5, 0.6) is 0 Å². The summed E-state index contributed by atoms with van der Waals surface area (Å²) in [5, 5.41) is 21.3. The van der Waals surface area contributed by atoms with Gasteiger partial charge in [0.25, 0.3) is 5.91 Å². The molecular formula is C17H20N2O2. The molecule has 2 aliphatic rings. The molecule has 1 aromatic carbocycles. The molecule has 2 fully saturated rings. The van der Waals surface area contributed by atoms with Gasteiger partial charge in [0.15, 0.2) is 0 Å². The topological polar surface area (TPSA) is 73.1 Å². The summed E-state index contributed by atoms with van der Waals surface area (Å²) in [4.78, 5) is 12.3. The van der Waals surface area contributed by atoms with E-state index in [2.05, 4.69) is 11.4 Å². The quantitative estimate of drug-likeness (QED) is 0.840. The van der Waals surface area contributed by atoms with Crippen LogP contribution in [0, 0.1) is 17.2 Å². The summed E-state index contributed by atoms with van der Waals surface area (Å²) < 4.78 is 0. The Morgan fingerprint density at radius 1 is 1.38 bits per heavy atom. The zero-order valence-corrected chi connectivity index (χ0v) is 12.0. The summed E-state index contributed by atoms with van der Waals surface area (Å²) in [5.41, 5.74) is 1.33. The molecule has 0 aliphatic heterocycles. The van der Waals surface area contributed by atoms with E-state index in [0.29, 0.717) is 17.9 Å². The molecule has 0 heterocycles. The largest absolute Gasteiger partial charge is 0.396 e. The Morgan fingerprint density at radius 3 is 2.52 bits per heavy atom. The van der Waals surface area contributed by atoms with E-state index in [-0.39, 0.29) is 24.0 Å². The van der Waals surface area contributed by atoms with Crippen LogP contribution >= 0.6 is 0 Å². The van der Waals surface area contributed by atoms with Gasteiger partial charge in [0.05, 0.1) is 11.5 Å². The first-order valence-electron chi connectivity index (χ1n) is 7.62. The second-order valence-corrected chi connectivity index (χ2v) is 6.20. The zero-order chi connectivity index (χ0) is 14.9. The lowest BCUT2D eigenvalue weighted by Gasteiger charge is -2.17. The first-order valence-corrected chi connectivity index (χ1v) is 7.62. The van der Waals surface area contributed by atoms with Crippen LogP contribution in [0.25, 0.3) is 0 Å². The molecule has 4 nitrogen and oxygen atoms in total. The molecule has 1 amide bonds. The Bertz CT molecular complexity index is 565. The monoisotopic (exact) mass is 284 g/mol. The standard InChI is InChI=1S/C17H20N2O2/c18-11-17(8-9-17)14-5-3-13(4-6-14)16(21)19-15(7-10-20)12-1-2-12/h3-6,12,15,20H,1-2,7-10H2,(H,19,21). The van der Waals surface area contributed by atoms with Gasteiger partial charge in [-0.15, -0.1) is 0 Å². The van der Waals surface area contributed by atoms with Crippen molar-refractivity contribution in [3.05, 3.63) is 35.4 Å². The SMILES string of the molecule is N#CC1(c2ccc(C(=O)NC(CCO)C3CC3)cc2)CC1. The summed E-state index contributed by atoms with van der Waals surface area (Å²) in [5.74, 6) is 0.433. The number of rotatable bonds is 6. The summed E-state index contributed by atoms with van der Waals surface area (Å²) in [7, 11) is 0. The van der Waals surface area contributed by atoms with Crippen molar-refractivity contribution in [3.8, 4) is 6.07 Å². The van der Waals surface area contributed by atoms with E-state index in [0.717, 1.165) is 31.2 Å². The predicted molar refractivity (Wildman–Crippen MR) is 78.6 cm³/mol. The minimum atomic E-state index is -0.303. The third kappa shape index (κ3) is 2.93. The minimum absolute atomic E-state index is 0.0797. The number of carbonyl (C=O) groups is 1. The number of carbonyl (C=O) groups excluding carboxylic acids is 1. The van der Waals surface area contributed by atoms with Gasteiger partial charge in [-0.1, -0.05) is 12.1 Å². The van der Waals surface area contributed by atoms with Gasteiger partial charge in [-0.25, -0.2) is 0 Å². The number of nitrogens with zero attached hydrogens (tertiary/aromatic N) is 1. The van der Waals surface area contributed by atoms with Crippen LogP contribution in [0.3, 0.4) is 0 Å². The average Bonchev–Trinajstić information content (AvgIpc) is 3.41. The van der Waals surface area contributed by atoms with E-state index < -0.39 is 0 Å². The number of amides is 1. The molecule has 0 saturated heterocycles. The molecule has 2 N–H and O–H groups in total. The molecule has 1 aromatic rings. The fraction of sp³-hybridized carbons (Fsp3) is 0.529. The molecule has 2 aliphatic carbocycles. The van der Waals surface area contributed by atoms with Crippen LogP contribution < -0.4 is 5.32 Å². The maximum atomic E-state index is 12.3. The first kappa shape index (κ1) is 14.1. The van der Waals surface area contributed by atoms with Crippen molar-refractivity contribution in [2.45, 2.75) is 43.6 Å². The second-order valence-electron chi connectivity index (χ2n) is 6.20. The Kier molecular flexibility index (Phi) is 3.69.